The van der Waals surface area contributed by atoms with Gasteiger partial charge in [-0.05, 0) is 50.8 Å². The van der Waals surface area contributed by atoms with Gasteiger partial charge in [-0.15, -0.1) is 0 Å². The lowest BCUT2D eigenvalue weighted by atomic mass is 9.89. The van der Waals surface area contributed by atoms with E-state index in [1.807, 2.05) is 0 Å². The molecule has 1 fully saturated rings. The van der Waals surface area contributed by atoms with Crippen molar-refractivity contribution in [3.63, 3.8) is 0 Å². The summed E-state index contributed by atoms with van der Waals surface area (Å²) < 4.78 is 13.1. The van der Waals surface area contributed by atoms with E-state index in [1.54, 1.807) is 11.0 Å². The van der Waals surface area contributed by atoms with Crippen LogP contribution in [0.1, 0.15) is 26.7 Å². The van der Waals surface area contributed by atoms with E-state index in [0.29, 0.717) is 25.3 Å². The van der Waals surface area contributed by atoms with Gasteiger partial charge in [0.1, 0.15) is 11.2 Å². The SMILES string of the molecule is CC(C)(C(=O)O)C(=O)N1CCCC(CNC(=O)Nc2cccc(F)c2)C1. The third-order valence-electron chi connectivity index (χ3n) is 4.51. The quantitative estimate of drug-likeness (QED) is 0.697. The summed E-state index contributed by atoms with van der Waals surface area (Å²) in [6.45, 7) is 4.05. The van der Waals surface area contributed by atoms with Crippen LogP contribution in [0.4, 0.5) is 14.9 Å². The van der Waals surface area contributed by atoms with Crippen LogP contribution in [0.25, 0.3) is 0 Å². The van der Waals surface area contributed by atoms with Crippen LogP contribution < -0.4 is 10.6 Å². The van der Waals surface area contributed by atoms with E-state index in [-0.39, 0.29) is 5.92 Å². The molecule has 142 valence electrons. The molecule has 3 N–H and O–H groups in total. The van der Waals surface area contributed by atoms with Crippen LogP contribution in [-0.4, -0.2) is 47.5 Å². The first-order valence-corrected chi connectivity index (χ1v) is 8.53. The van der Waals surface area contributed by atoms with Crippen molar-refractivity contribution in [3.8, 4) is 0 Å². The fraction of sp³-hybridized carbons (Fsp3) is 0.500. The van der Waals surface area contributed by atoms with Crippen molar-refractivity contribution < 1.29 is 23.9 Å². The number of hydrogen-bond donors (Lipinski definition) is 3. The average molecular weight is 365 g/mol. The number of likely N-dealkylation sites (tertiary alicyclic amines) is 1. The van der Waals surface area contributed by atoms with Crippen LogP contribution in [0.5, 0.6) is 0 Å². The molecule has 0 aliphatic carbocycles. The molecule has 26 heavy (non-hydrogen) atoms. The number of carboxylic acids is 1. The van der Waals surface area contributed by atoms with Crippen molar-refractivity contribution in [2.75, 3.05) is 25.0 Å². The minimum absolute atomic E-state index is 0.0376. The van der Waals surface area contributed by atoms with E-state index in [1.165, 1.54) is 32.0 Å². The molecule has 2 rings (SSSR count). The summed E-state index contributed by atoms with van der Waals surface area (Å²) >= 11 is 0. The number of anilines is 1. The summed E-state index contributed by atoms with van der Waals surface area (Å²) in [5, 5.41) is 14.5. The second-order valence-corrected chi connectivity index (χ2v) is 7.03. The smallest absolute Gasteiger partial charge is 0.319 e. The Morgan fingerprint density at radius 3 is 2.73 bits per heavy atom. The second-order valence-electron chi connectivity index (χ2n) is 7.03. The van der Waals surface area contributed by atoms with Crippen LogP contribution in [0.15, 0.2) is 24.3 Å². The average Bonchev–Trinajstić information content (AvgIpc) is 2.59. The van der Waals surface area contributed by atoms with Gasteiger partial charge in [0.25, 0.3) is 0 Å². The van der Waals surface area contributed by atoms with Crippen molar-refractivity contribution in [2.24, 2.45) is 11.3 Å². The van der Waals surface area contributed by atoms with Crippen LogP contribution in [0, 0.1) is 17.2 Å². The molecule has 8 heteroatoms. The van der Waals surface area contributed by atoms with Crippen LogP contribution in [0.3, 0.4) is 0 Å². The van der Waals surface area contributed by atoms with Crippen molar-refractivity contribution in [1.82, 2.24) is 10.2 Å². The summed E-state index contributed by atoms with van der Waals surface area (Å²) in [4.78, 5) is 37.2. The van der Waals surface area contributed by atoms with Gasteiger partial charge in [0.05, 0.1) is 0 Å². The van der Waals surface area contributed by atoms with Gasteiger partial charge in [-0.2, -0.15) is 0 Å². The fourth-order valence-electron chi connectivity index (χ4n) is 2.88. The van der Waals surface area contributed by atoms with E-state index in [4.69, 9.17) is 0 Å². The lowest BCUT2D eigenvalue weighted by Gasteiger charge is -2.36. The number of carbonyl (C=O) groups is 3. The maximum absolute atomic E-state index is 13.1. The summed E-state index contributed by atoms with van der Waals surface area (Å²) in [6.07, 6.45) is 1.58. The highest BCUT2D eigenvalue weighted by Crippen LogP contribution is 2.24. The van der Waals surface area contributed by atoms with Crippen LogP contribution in [-0.2, 0) is 9.59 Å². The summed E-state index contributed by atoms with van der Waals surface area (Å²) in [7, 11) is 0. The molecular weight excluding hydrogens is 341 g/mol. The zero-order chi connectivity index (χ0) is 19.3. The molecule has 1 heterocycles. The molecule has 0 radical (unpaired) electrons. The number of hydrogen-bond acceptors (Lipinski definition) is 3. The molecule has 3 amide bonds. The van der Waals surface area contributed by atoms with E-state index in [0.717, 1.165) is 12.8 Å². The summed E-state index contributed by atoms with van der Waals surface area (Å²) in [5.41, 5.74) is -1.12. The van der Waals surface area contributed by atoms with Gasteiger partial charge in [-0.25, -0.2) is 9.18 Å². The summed E-state index contributed by atoms with van der Waals surface area (Å²) in [5.74, 6) is -1.98. The fourth-order valence-corrected chi connectivity index (χ4v) is 2.88. The lowest BCUT2D eigenvalue weighted by Crippen LogP contribution is -2.50. The number of nitrogens with one attached hydrogen (secondary N) is 2. The maximum Gasteiger partial charge on any atom is 0.319 e. The van der Waals surface area contributed by atoms with Crippen molar-refractivity contribution in [2.45, 2.75) is 26.7 Å². The largest absolute Gasteiger partial charge is 0.480 e. The molecule has 0 spiro atoms. The Morgan fingerprint density at radius 2 is 2.08 bits per heavy atom. The highest BCUT2D eigenvalue weighted by Gasteiger charge is 2.40. The van der Waals surface area contributed by atoms with E-state index in [9.17, 15) is 23.9 Å². The number of carbonyl (C=O) groups excluding carboxylic acids is 2. The van der Waals surface area contributed by atoms with Gasteiger partial charge in [-0.3, -0.25) is 9.59 Å². The molecule has 1 aliphatic heterocycles. The van der Waals surface area contributed by atoms with Gasteiger partial charge in [0, 0.05) is 25.3 Å². The standard InChI is InChI=1S/C18H24FN3O4/c1-18(2,16(24)25)15(23)22-8-4-5-12(11-22)10-20-17(26)21-14-7-3-6-13(19)9-14/h3,6-7,9,12H,4-5,8,10-11H2,1-2H3,(H,24,25)(H2,20,21,26). The monoisotopic (exact) mass is 365 g/mol. The molecule has 1 aromatic rings. The lowest BCUT2D eigenvalue weighted by molar-refractivity contribution is -0.159. The first-order valence-electron chi connectivity index (χ1n) is 8.53. The molecule has 0 bridgehead atoms. The first-order chi connectivity index (χ1) is 12.2. The highest BCUT2D eigenvalue weighted by molar-refractivity contribution is 6.01. The third kappa shape index (κ3) is 4.93. The molecule has 0 saturated carbocycles. The van der Waals surface area contributed by atoms with Crippen molar-refractivity contribution >= 4 is 23.6 Å². The Balaban J connectivity index is 1.85. The van der Waals surface area contributed by atoms with E-state index < -0.39 is 29.1 Å². The second kappa shape index (κ2) is 8.16. The minimum atomic E-state index is -1.47. The summed E-state index contributed by atoms with van der Waals surface area (Å²) in [6, 6.07) is 5.13. The number of benzene rings is 1. The van der Waals surface area contributed by atoms with E-state index >= 15 is 0 Å². The van der Waals surface area contributed by atoms with E-state index in [2.05, 4.69) is 10.6 Å². The Bertz CT molecular complexity index is 693. The molecule has 1 atom stereocenters. The maximum atomic E-state index is 13.1. The number of halogens is 1. The molecule has 7 nitrogen and oxygen atoms in total. The third-order valence-corrected chi connectivity index (χ3v) is 4.51. The Morgan fingerprint density at radius 1 is 1.35 bits per heavy atom. The van der Waals surface area contributed by atoms with Crippen LogP contribution in [0.2, 0.25) is 0 Å². The van der Waals surface area contributed by atoms with Crippen molar-refractivity contribution in [1.29, 1.82) is 0 Å². The Labute approximate surface area is 151 Å². The number of amides is 3. The first kappa shape index (κ1) is 19.7. The van der Waals surface area contributed by atoms with Crippen molar-refractivity contribution in [3.05, 3.63) is 30.1 Å². The molecule has 1 unspecified atom stereocenters. The van der Waals surface area contributed by atoms with Gasteiger partial charge in [0.15, 0.2) is 0 Å². The normalized spacial score (nSPS) is 17.5. The number of carboxylic acid groups (broad SMARTS) is 1. The topological polar surface area (TPSA) is 98.7 Å². The number of nitrogens with zero attached hydrogens (tertiary/aromatic N) is 1. The minimum Gasteiger partial charge on any atom is -0.480 e. The predicted octanol–water partition coefficient (Wildman–Crippen LogP) is 2.30. The van der Waals surface area contributed by atoms with Gasteiger partial charge in [0.2, 0.25) is 5.91 Å². The van der Waals surface area contributed by atoms with Gasteiger partial charge in [-0.1, -0.05) is 6.07 Å². The number of piperidine rings is 1. The Hall–Kier alpha value is -2.64. The van der Waals surface area contributed by atoms with Crippen LogP contribution >= 0.6 is 0 Å². The highest BCUT2D eigenvalue weighted by atomic mass is 19.1. The number of aliphatic carboxylic acids is 1. The number of urea groups is 1. The zero-order valence-corrected chi connectivity index (χ0v) is 14.9. The number of rotatable bonds is 5. The van der Waals surface area contributed by atoms with Gasteiger partial charge < -0.3 is 20.6 Å². The molecule has 1 aliphatic rings. The predicted molar refractivity (Wildman–Crippen MR) is 94.1 cm³/mol. The van der Waals surface area contributed by atoms with Gasteiger partial charge >= 0.3 is 12.0 Å². The molecule has 1 aromatic carbocycles. The molecule has 0 aromatic heterocycles. The Kier molecular flexibility index (Phi) is 6.18. The molecular formula is C18H24FN3O4. The molecule has 1 saturated heterocycles. The zero-order valence-electron chi connectivity index (χ0n) is 14.9.